The van der Waals surface area contributed by atoms with E-state index < -0.39 is 33.8 Å². The topological polar surface area (TPSA) is 27.7 Å². The van der Waals surface area contributed by atoms with Crippen LogP contribution in [0.4, 0.5) is 13.2 Å². The van der Waals surface area contributed by atoms with Gasteiger partial charge in [-0.2, -0.15) is 8.78 Å². The van der Waals surface area contributed by atoms with Gasteiger partial charge < -0.3 is 4.74 Å². The molecule has 1 aliphatic heterocycles. The highest BCUT2D eigenvalue weighted by Gasteiger charge is 2.57. The van der Waals surface area contributed by atoms with Crippen molar-refractivity contribution in [1.82, 2.24) is 0 Å². The van der Waals surface area contributed by atoms with Gasteiger partial charge in [0, 0.05) is 0 Å². The molecule has 0 aliphatic carbocycles. The number of hydrogen-bond donors (Lipinski definition) is 0. The van der Waals surface area contributed by atoms with Gasteiger partial charge in [0.1, 0.15) is 0 Å². The van der Waals surface area contributed by atoms with E-state index in [1.165, 1.54) is 13.8 Å². The minimum Gasteiger partial charge on any atom is -0.308 e. The lowest BCUT2D eigenvalue weighted by molar-refractivity contribution is -0.189. The molecule has 0 aromatic carbocycles. The number of halogens is 3. The van der Waals surface area contributed by atoms with Crippen LogP contribution >= 0.6 is 0 Å². The summed E-state index contributed by atoms with van der Waals surface area (Å²) in [6.45, 7) is 4.91. The maximum absolute atomic E-state index is 13.0. The summed E-state index contributed by atoms with van der Waals surface area (Å²) in [5, 5.41) is -1.61. The molecule has 0 aromatic heterocycles. The zero-order valence-electron chi connectivity index (χ0n) is 8.55. The molecule has 1 unspecified atom stereocenters. The van der Waals surface area contributed by atoms with Gasteiger partial charge in [-0.25, -0.2) is 0 Å². The van der Waals surface area contributed by atoms with Crippen LogP contribution in [-0.4, -0.2) is 18.0 Å². The Morgan fingerprint density at radius 2 is 2.00 bits per heavy atom. The van der Waals surface area contributed by atoms with Gasteiger partial charge in [-0.15, -0.1) is 8.57 Å². The highest BCUT2D eigenvalue weighted by molar-refractivity contribution is 7.96. The first-order chi connectivity index (χ1) is 6.87. The van der Waals surface area contributed by atoms with Gasteiger partial charge in [0.25, 0.3) is 11.2 Å². The first-order valence-corrected chi connectivity index (χ1v) is 5.51. The van der Waals surface area contributed by atoms with Gasteiger partial charge in [-0.05, 0) is 20.8 Å². The molecular weight excluding hydrogens is 233 g/mol. The van der Waals surface area contributed by atoms with Gasteiger partial charge in [0.2, 0.25) is 5.79 Å². The van der Waals surface area contributed by atoms with Gasteiger partial charge in [-0.1, -0.05) is 0 Å². The summed E-state index contributed by atoms with van der Waals surface area (Å²) in [4.78, 5) is 0. The van der Waals surface area contributed by atoms with Crippen LogP contribution in [0.1, 0.15) is 20.8 Å². The van der Waals surface area contributed by atoms with Crippen LogP contribution in [0.3, 0.4) is 0 Å². The van der Waals surface area contributed by atoms with E-state index in [1.54, 1.807) is 6.92 Å². The van der Waals surface area contributed by atoms with Crippen molar-refractivity contribution in [3.8, 4) is 0 Å². The average Bonchev–Trinajstić information content (AvgIpc) is 2.40. The summed E-state index contributed by atoms with van der Waals surface area (Å²) in [6, 6.07) is 0. The highest BCUT2D eigenvalue weighted by atomic mass is 32.2. The van der Waals surface area contributed by atoms with Crippen molar-refractivity contribution in [1.29, 1.82) is 0 Å². The summed E-state index contributed by atoms with van der Waals surface area (Å²) in [6.07, 6.45) is -2.40. The highest BCUT2D eigenvalue weighted by Crippen LogP contribution is 2.38. The van der Waals surface area contributed by atoms with Crippen LogP contribution in [0.5, 0.6) is 0 Å². The molecule has 0 saturated carbocycles. The Balaban J connectivity index is 2.82. The SMILES string of the molecule is CCO[C@H]1OC(C)(C)O[S+]1C(F)=C(F)F. The molecule has 3 nitrogen and oxygen atoms in total. The Labute approximate surface area is 88.7 Å². The second-order valence-electron chi connectivity index (χ2n) is 3.18. The van der Waals surface area contributed by atoms with Crippen LogP contribution < -0.4 is 0 Å². The zero-order chi connectivity index (χ0) is 11.6. The molecule has 1 aliphatic rings. The van der Waals surface area contributed by atoms with Crippen molar-refractivity contribution < 1.29 is 26.8 Å². The van der Waals surface area contributed by atoms with Crippen molar-refractivity contribution >= 4 is 11.2 Å². The summed E-state index contributed by atoms with van der Waals surface area (Å²) >= 11 is -1.79. The Kier molecular flexibility index (Phi) is 4.05. The molecule has 7 heteroatoms. The van der Waals surface area contributed by atoms with Crippen LogP contribution in [0, 0.1) is 0 Å². The quantitative estimate of drug-likeness (QED) is 0.715. The monoisotopic (exact) mass is 245 g/mol. The van der Waals surface area contributed by atoms with E-state index in [1.807, 2.05) is 0 Å². The van der Waals surface area contributed by atoms with Gasteiger partial charge in [0.15, 0.2) is 0 Å². The molecule has 1 heterocycles. The fraction of sp³-hybridized carbons (Fsp3) is 0.750. The molecule has 0 radical (unpaired) electrons. The largest absolute Gasteiger partial charge is 0.407 e. The molecule has 15 heavy (non-hydrogen) atoms. The second-order valence-corrected chi connectivity index (χ2v) is 4.68. The lowest BCUT2D eigenvalue weighted by Crippen LogP contribution is -2.23. The normalized spacial score (nSPS) is 29.2. The van der Waals surface area contributed by atoms with Crippen molar-refractivity contribution in [2.75, 3.05) is 6.61 Å². The Morgan fingerprint density at radius 3 is 2.47 bits per heavy atom. The smallest absolute Gasteiger partial charge is 0.308 e. The number of ether oxygens (including phenoxy) is 2. The number of rotatable bonds is 3. The molecule has 0 bridgehead atoms. The summed E-state index contributed by atoms with van der Waals surface area (Å²) in [5.74, 6) is -1.12. The van der Waals surface area contributed by atoms with Crippen molar-refractivity contribution in [2.24, 2.45) is 0 Å². The second kappa shape index (κ2) is 4.73. The molecular formula is C8H12F3O3S+. The molecule has 0 amide bonds. The standard InChI is InChI=1S/C8H12F3O3S/c1-4-12-7-13-8(2,3)14-15(7)6(11)5(9)10/h7H,4H2,1-3H3/q+1/t7-,15?/m0/s1. The summed E-state index contributed by atoms with van der Waals surface area (Å²) in [7, 11) is 0. The van der Waals surface area contributed by atoms with E-state index >= 15 is 0 Å². The molecule has 88 valence electrons. The van der Waals surface area contributed by atoms with E-state index in [0.717, 1.165) is 0 Å². The predicted molar refractivity (Wildman–Crippen MR) is 49.4 cm³/mol. The summed E-state index contributed by atoms with van der Waals surface area (Å²) in [5.41, 5.74) is -1.11. The Bertz CT molecular complexity index is 266. The molecule has 1 rings (SSSR count). The molecule has 0 spiro atoms. The fourth-order valence-electron chi connectivity index (χ4n) is 0.980. The first-order valence-electron chi connectivity index (χ1n) is 4.30. The van der Waals surface area contributed by atoms with Crippen molar-refractivity contribution in [3.63, 3.8) is 0 Å². The Morgan fingerprint density at radius 1 is 1.40 bits per heavy atom. The van der Waals surface area contributed by atoms with Gasteiger partial charge in [-0.3, -0.25) is 4.74 Å². The minimum absolute atomic E-state index is 0.231. The minimum atomic E-state index is -2.40. The maximum Gasteiger partial charge on any atom is 0.407 e. The van der Waals surface area contributed by atoms with Gasteiger partial charge in [0.05, 0.1) is 6.61 Å². The van der Waals surface area contributed by atoms with E-state index in [2.05, 4.69) is 0 Å². The third-order valence-corrected chi connectivity index (χ3v) is 3.14. The van der Waals surface area contributed by atoms with Crippen LogP contribution in [0.2, 0.25) is 0 Å². The van der Waals surface area contributed by atoms with Crippen LogP contribution in [-0.2, 0) is 24.8 Å². The van der Waals surface area contributed by atoms with E-state index in [4.69, 9.17) is 13.7 Å². The molecule has 1 fully saturated rings. The fourth-order valence-corrected chi connectivity index (χ4v) is 2.50. The van der Waals surface area contributed by atoms with E-state index in [-0.39, 0.29) is 6.61 Å². The molecule has 1 saturated heterocycles. The summed E-state index contributed by atoms with van der Waals surface area (Å²) < 4.78 is 52.3. The Hall–Kier alpha value is -0.240. The number of hydrogen-bond acceptors (Lipinski definition) is 3. The lowest BCUT2D eigenvalue weighted by Gasteiger charge is -2.08. The zero-order valence-corrected chi connectivity index (χ0v) is 9.37. The van der Waals surface area contributed by atoms with Crippen LogP contribution in [0.25, 0.3) is 0 Å². The van der Waals surface area contributed by atoms with E-state index in [9.17, 15) is 13.2 Å². The molecule has 0 N–H and O–H groups in total. The predicted octanol–water partition coefficient (Wildman–Crippen LogP) is 2.66. The van der Waals surface area contributed by atoms with Crippen molar-refractivity contribution in [2.45, 2.75) is 32.2 Å². The lowest BCUT2D eigenvalue weighted by atomic mass is 10.4. The molecule has 0 aromatic rings. The van der Waals surface area contributed by atoms with Crippen molar-refractivity contribution in [3.05, 3.63) is 11.2 Å². The molecule has 2 atom stereocenters. The van der Waals surface area contributed by atoms with Gasteiger partial charge >= 0.3 is 16.9 Å². The average molecular weight is 245 g/mol. The van der Waals surface area contributed by atoms with E-state index in [0.29, 0.717) is 0 Å². The third kappa shape index (κ3) is 3.10. The third-order valence-electron chi connectivity index (χ3n) is 1.47. The maximum atomic E-state index is 13.0. The first kappa shape index (κ1) is 12.8. The van der Waals surface area contributed by atoms with Crippen LogP contribution in [0.15, 0.2) is 11.2 Å².